The first-order chi connectivity index (χ1) is 14.8. The molecule has 0 fully saturated rings. The average molecular weight is 479 g/mol. The summed E-state index contributed by atoms with van der Waals surface area (Å²) in [6.45, 7) is 6.26. The van der Waals surface area contributed by atoms with Crippen LogP contribution in [0.1, 0.15) is 32.2 Å². The van der Waals surface area contributed by atoms with Crippen molar-refractivity contribution >= 4 is 33.2 Å². The number of carbonyl (C=O) groups is 1. The number of urea groups is 1. The Morgan fingerprint density at radius 2 is 1.88 bits per heavy atom. The molecule has 1 heterocycles. The van der Waals surface area contributed by atoms with Gasteiger partial charge in [-0.25, -0.2) is 22.3 Å². The van der Waals surface area contributed by atoms with E-state index in [0.717, 1.165) is 35.5 Å². The Morgan fingerprint density at radius 3 is 2.47 bits per heavy atom. The van der Waals surface area contributed by atoms with E-state index in [2.05, 4.69) is 15.7 Å². The normalized spacial score (nSPS) is 11.9. The lowest BCUT2D eigenvalue weighted by molar-refractivity contribution is 0.251. The third kappa shape index (κ3) is 5.66. The molecule has 0 radical (unpaired) electrons. The lowest BCUT2D eigenvalue weighted by Crippen LogP contribution is -2.29. The van der Waals surface area contributed by atoms with E-state index in [-0.39, 0.29) is 17.6 Å². The number of hydrogen-bond acceptors (Lipinski definition) is 4. The summed E-state index contributed by atoms with van der Waals surface area (Å²) < 4.78 is 38.8. The molecule has 2 N–H and O–H groups in total. The Balaban J connectivity index is 1.78. The van der Waals surface area contributed by atoms with Crippen LogP contribution >= 0.6 is 11.6 Å². The number of sulfone groups is 1. The van der Waals surface area contributed by atoms with Crippen LogP contribution in [0.4, 0.5) is 14.9 Å². The van der Waals surface area contributed by atoms with Gasteiger partial charge >= 0.3 is 6.03 Å². The van der Waals surface area contributed by atoms with E-state index < -0.39 is 26.6 Å². The predicted octanol–water partition coefficient (Wildman–Crippen LogP) is 4.69. The fourth-order valence-corrected chi connectivity index (χ4v) is 3.88. The van der Waals surface area contributed by atoms with Crippen molar-refractivity contribution in [2.45, 2.75) is 37.6 Å². The van der Waals surface area contributed by atoms with Crippen molar-refractivity contribution in [3.63, 3.8) is 0 Å². The number of nitrogens with one attached hydrogen (secondary N) is 2. The maximum absolute atomic E-state index is 14.1. The quantitative estimate of drug-likeness (QED) is 0.556. The molecule has 0 aliphatic rings. The van der Waals surface area contributed by atoms with Crippen LogP contribution in [-0.2, 0) is 21.8 Å². The number of anilines is 1. The van der Waals surface area contributed by atoms with Gasteiger partial charge in [-0.1, -0.05) is 38.4 Å². The van der Waals surface area contributed by atoms with Gasteiger partial charge in [-0.15, -0.1) is 0 Å². The topological polar surface area (TPSA) is 93.1 Å². The molecule has 2 amide bonds. The lowest BCUT2D eigenvalue weighted by atomic mass is 9.92. The second-order valence-electron chi connectivity index (χ2n) is 8.39. The number of rotatable bonds is 5. The van der Waals surface area contributed by atoms with Crippen molar-refractivity contribution < 1.29 is 17.6 Å². The molecule has 0 aliphatic carbocycles. The summed E-state index contributed by atoms with van der Waals surface area (Å²) in [5.74, 6) is -0.931. The SMILES string of the molecule is CC(C)(C)c1cc(CNC(=O)Nc2ccc(S(C)(=O)=O)c(F)c2)n(-c2cccc(Cl)c2)n1. The van der Waals surface area contributed by atoms with Crippen molar-refractivity contribution in [2.24, 2.45) is 0 Å². The van der Waals surface area contributed by atoms with Crippen LogP contribution in [-0.4, -0.2) is 30.5 Å². The average Bonchev–Trinajstić information content (AvgIpc) is 3.10. The van der Waals surface area contributed by atoms with E-state index in [1.165, 1.54) is 6.07 Å². The van der Waals surface area contributed by atoms with Crippen LogP contribution in [0.3, 0.4) is 0 Å². The number of nitrogens with zero attached hydrogens (tertiary/aromatic N) is 2. The molecule has 10 heteroatoms. The van der Waals surface area contributed by atoms with E-state index in [0.29, 0.717) is 5.02 Å². The number of hydrogen-bond donors (Lipinski definition) is 2. The first-order valence-electron chi connectivity index (χ1n) is 9.74. The summed E-state index contributed by atoms with van der Waals surface area (Å²) in [6, 6.07) is 11.9. The minimum Gasteiger partial charge on any atom is -0.332 e. The van der Waals surface area contributed by atoms with Crippen LogP contribution in [0.25, 0.3) is 5.69 Å². The monoisotopic (exact) mass is 478 g/mol. The Labute approximate surface area is 191 Å². The third-order valence-electron chi connectivity index (χ3n) is 4.62. The fourth-order valence-electron chi connectivity index (χ4n) is 2.97. The van der Waals surface area contributed by atoms with Gasteiger partial charge in [-0.3, -0.25) is 0 Å². The van der Waals surface area contributed by atoms with E-state index in [9.17, 15) is 17.6 Å². The van der Waals surface area contributed by atoms with Gasteiger partial charge in [-0.2, -0.15) is 5.10 Å². The number of carbonyl (C=O) groups excluding carboxylic acids is 1. The number of aromatic nitrogens is 2. The molecule has 170 valence electrons. The lowest BCUT2D eigenvalue weighted by Gasteiger charge is -2.14. The molecule has 32 heavy (non-hydrogen) atoms. The first-order valence-corrected chi connectivity index (χ1v) is 12.0. The Hall–Kier alpha value is -2.91. The van der Waals surface area contributed by atoms with E-state index in [1.54, 1.807) is 16.8 Å². The second-order valence-corrected chi connectivity index (χ2v) is 10.8. The third-order valence-corrected chi connectivity index (χ3v) is 5.99. The van der Waals surface area contributed by atoms with Crippen molar-refractivity contribution in [1.82, 2.24) is 15.1 Å². The molecular formula is C22H24ClFN4O3S. The van der Waals surface area contributed by atoms with Gasteiger partial charge in [0.2, 0.25) is 0 Å². The maximum atomic E-state index is 14.1. The summed E-state index contributed by atoms with van der Waals surface area (Å²) in [4.78, 5) is 11.9. The Bertz CT molecular complexity index is 1270. The van der Waals surface area contributed by atoms with Crippen molar-refractivity contribution in [3.8, 4) is 5.69 Å². The zero-order chi connectivity index (χ0) is 23.7. The van der Waals surface area contributed by atoms with E-state index in [1.807, 2.05) is 39.0 Å². The van der Waals surface area contributed by atoms with Gasteiger partial charge in [-0.05, 0) is 42.5 Å². The standard InChI is InChI=1S/C22H24ClFN4O3S/c1-22(2,3)20-12-17(28(27-20)16-7-5-6-14(23)10-16)13-25-21(29)26-15-8-9-19(18(24)11-15)32(4,30)31/h5-12H,13H2,1-4H3,(H2,25,26,29). The summed E-state index contributed by atoms with van der Waals surface area (Å²) >= 11 is 6.12. The van der Waals surface area contributed by atoms with Crippen molar-refractivity contribution in [3.05, 3.63) is 70.8 Å². The van der Waals surface area contributed by atoms with Gasteiger partial charge in [0.05, 0.1) is 23.6 Å². The minimum atomic E-state index is -3.69. The highest BCUT2D eigenvalue weighted by Crippen LogP contribution is 2.25. The molecule has 1 aromatic heterocycles. The van der Waals surface area contributed by atoms with E-state index >= 15 is 0 Å². The predicted molar refractivity (Wildman–Crippen MR) is 123 cm³/mol. The molecule has 0 aliphatic heterocycles. The summed E-state index contributed by atoms with van der Waals surface area (Å²) in [5.41, 5.74) is 2.24. The fraction of sp³-hybridized carbons (Fsp3) is 0.273. The van der Waals surface area contributed by atoms with Crippen LogP contribution in [0.5, 0.6) is 0 Å². The molecular weight excluding hydrogens is 455 g/mol. The molecule has 0 saturated carbocycles. The zero-order valence-corrected chi connectivity index (χ0v) is 19.7. The molecule has 3 aromatic rings. The van der Waals surface area contributed by atoms with Crippen LogP contribution in [0.2, 0.25) is 5.02 Å². The first kappa shape index (κ1) is 23.7. The smallest absolute Gasteiger partial charge is 0.319 e. The van der Waals surface area contributed by atoms with Crippen molar-refractivity contribution in [2.75, 3.05) is 11.6 Å². The van der Waals surface area contributed by atoms with E-state index in [4.69, 9.17) is 11.6 Å². The highest BCUT2D eigenvalue weighted by atomic mass is 35.5. The minimum absolute atomic E-state index is 0.131. The number of benzene rings is 2. The molecule has 0 saturated heterocycles. The van der Waals surface area contributed by atoms with Crippen LogP contribution in [0.15, 0.2) is 53.4 Å². The number of amides is 2. The van der Waals surface area contributed by atoms with Gasteiger partial charge < -0.3 is 10.6 Å². The molecule has 0 bridgehead atoms. The highest BCUT2D eigenvalue weighted by molar-refractivity contribution is 7.90. The van der Waals surface area contributed by atoms with Gasteiger partial charge in [0.15, 0.2) is 9.84 Å². The molecule has 0 spiro atoms. The molecule has 2 aromatic carbocycles. The van der Waals surface area contributed by atoms with Gasteiger partial charge in [0.1, 0.15) is 10.7 Å². The second kappa shape index (κ2) is 8.91. The largest absolute Gasteiger partial charge is 0.332 e. The van der Waals surface area contributed by atoms with Crippen molar-refractivity contribution in [1.29, 1.82) is 0 Å². The zero-order valence-electron chi connectivity index (χ0n) is 18.1. The highest BCUT2D eigenvalue weighted by Gasteiger charge is 2.21. The van der Waals surface area contributed by atoms with Crippen LogP contribution in [0, 0.1) is 5.82 Å². The summed E-state index contributed by atoms with van der Waals surface area (Å²) in [7, 11) is -3.69. The maximum Gasteiger partial charge on any atom is 0.319 e. The molecule has 0 unspecified atom stereocenters. The number of halogens is 2. The molecule has 3 rings (SSSR count). The van der Waals surface area contributed by atoms with Crippen LogP contribution < -0.4 is 10.6 Å². The summed E-state index contributed by atoms with van der Waals surface area (Å²) in [5, 5.41) is 10.5. The summed E-state index contributed by atoms with van der Waals surface area (Å²) in [6.07, 6.45) is 0.917. The van der Waals surface area contributed by atoms with Gasteiger partial charge in [0.25, 0.3) is 0 Å². The molecule has 0 atom stereocenters. The Morgan fingerprint density at radius 1 is 1.16 bits per heavy atom. The Kier molecular flexibility index (Phi) is 6.61. The molecule has 7 nitrogen and oxygen atoms in total. The van der Waals surface area contributed by atoms with Gasteiger partial charge in [0, 0.05) is 22.4 Å².